The van der Waals surface area contributed by atoms with E-state index in [9.17, 15) is 9.59 Å². The van der Waals surface area contributed by atoms with Gasteiger partial charge in [0.05, 0.1) is 17.4 Å². The van der Waals surface area contributed by atoms with Crippen molar-refractivity contribution in [1.82, 2.24) is 0 Å². The Labute approximate surface area is 127 Å². The van der Waals surface area contributed by atoms with Gasteiger partial charge in [-0.2, -0.15) is 0 Å². The summed E-state index contributed by atoms with van der Waals surface area (Å²) in [5.41, 5.74) is 7.27. The third-order valence-corrected chi connectivity index (χ3v) is 5.08. The Morgan fingerprint density at radius 1 is 1.40 bits per heavy atom. The molecule has 2 aromatic rings. The van der Waals surface area contributed by atoms with Gasteiger partial charge in [-0.05, 0) is 46.8 Å². The first-order valence-corrected chi connectivity index (χ1v) is 7.67. The largest absolute Gasteiger partial charge is 0.457 e. The maximum Gasteiger partial charge on any atom is 0.260 e. The van der Waals surface area contributed by atoms with Crippen LogP contribution >= 0.6 is 27.3 Å². The summed E-state index contributed by atoms with van der Waals surface area (Å²) >= 11 is 4.59. The minimum Gasteiger partial charge on any atom is -0.457 e. The van der Waals surface area contributed by atoms with Gasteiger partial charge in [-0.15, -0.1) is 11.3 Å². The molecule has 3 rings (SSSR count). The predicted octanol–water partition coefficient (Wildman–Crippen LogP) is 2.94. The zero-order valence-electron chi connectivity index (χ0n) is 10.4. The van der Waals surface area contributed by atoms with Crippen LogP contribution in [0.4, 0.5) is 5.00 Å². The summed E-state index contributed by atoms with van der Waals surface area (Å²) in [6.07, 6.45) is 4.23. The number of furan rings is 1. The Morgan fingerprint density at radius 2 is 2.20 bits per heavy atom. The number of nitrogens with two attached hydrogens (primary N) is 1. The highest BCUT2D eigenvalue weighted by Gasteiger charge is 2.26. The number of nitrogens with one attached hydrogen (secondary N) is 1. The number of rotatable bonds is 3. The van der Waals surface area contributed by atoms with Crippen LogP contribution in [-0.4, -0.2) is 11.8 Å². The van der Waals surface area contributed by atoms with Crippen LogP contribution in [-0.2, 0) is 12.8 Å². The van der Waals surface area contributed by atoms with Crippen molar-refractivity contribution in [3.05, 3.63) is 38.6 Å². The van der Waals surface area contributed by atoms with Gasteiger partial charge in [0.1, 0.15) is 5.00 Å². The lowest BCUT2D eigenvalue weighted by Gasteiger charge is -2.04. The number of anilines is 1. The van der Waals surface area contributed by atoms with Crippen LogP contribution in [0.3, 0.4) is 0 Å². The van der Waals surface area contributed by atoms with Crippen molar-refractivity contribution in [2.24, 2.45) is 5.73 Å². The lowest BCUT2D eigenvalue weighted by atomic mass is 10.1. The summed E-state index contributed by atoms with van der Waals surface area (Å²) in [7, 11) is 0. The molecule has 0 bridgehead atoms. The van der Waals surface area contributed by atoms with Crippen LogP contribution in [0.2, 0.25) is 0 Å². The molecule has 5 nitrogen and oxygen atoms in total. The Kier molecular flexibility index (Phi) is 3.39. The average Bonchev–Trinajstić information content (AvgIpc) is 3.03. The molecule has 104 valence electrons. The minimum absolute atomic E-state index is 0.326. The van der Waals surface area contributed by atoms with E-state index in [1.54, 1.807) is 6.07 Å². The maximum absolute atomic E-state index is 12.2. The number of hydrogen-bond acceptors (Lipinski definition) is 4. The van der Waals surface area contributed by atoms with E-state index < -0.39 is 5.91 Å². The van der Waals surface area contributed by atoms with Crippen molar-refractivity contribution in [2.45, 2.75) is 19.3 Å². The maximum atomic E-state index is 12.2. The highest BCUT2D eigenvalue weighted by molar-refractivity contribution is 9.10. The highest BCUT2D eigenvalue weighted by atomic mass is 79.9. The second kappa shape index (κ2) is 5.06. The Bertz CT molecular complexity index is 705. The molecule has 0 aromatic carbocycles. The van der Waals surface area contributed by atoms with Crippen molar-refractivity contribution < 1.29 is 14.0 Å². The fourth-order valence-electron chi connectivity index (χ4n) is 2.38. The van der Waals surface area contributed by atoms with Crippen LogP contribution in [0.15, 0.2) is 21.4 Å². The summed E-state index contributed by atoms with van der Waals surface area (Å²) in [6.45, 7) is 0. The van der Waals surface area contributed by atoms with E-state index in [0.717, 1.165) is 29.7 Å². The van der Waals surface area contributed by atoms with Gasteiger partial charge in [0, 0.05) is 4.88 Å². The Balaban J connectivity index is 1.94. The Morgan fingerprint density at radius 3 is 2.85 bits per heavy atom. The van der Waals surface area contributed by atoms with Crippen molar-refractivity contribution in [3.63, 3.8) is 0 Å². The third-order valence-electron chi connectivity index (χ3n) is 3.26. The molecule has 7 heteroatoms. The van der Waals surface area contributed by atoms with Gasteiger partial charge in [-0.25, -0.2) is 0 Å². The number of hydrogen-bond donors (Lipinski definition) is 2. The minimum atomic E-state index is -0.494. The topological polar surface area (TPSA) is 85.3 Å². The molecule has 0 spiro atoms. The van der Waals surface area contributed by atoms with E-state index in [4.69, 9.17) is 10.2 Å². The van der Waals surface area contributed by atoms with Crippen molar-refractivity contribution in [1.29, 1.82) is 0 Å². The molecule has 0 unspecified atom stereocenters. The number of primary amides is 1. The molecule has 0 aliphatic heterocycles. The van der Waals surface area contributed by atoms with Gasteiger partial charge in [-0.3, -0.25) is 9.59 Å². The molecule has 2 amide bonds. The van der Waals surface area contributed by atoms with E-state index in [1.165, 1.54) is 17.6 Å². The fraction of sp³-hybridized carbons (Fsp3) is 0.231. The molecule has 0 saturated heterocycles. The molecule has 2 aromatic heterocycles. The lowest BCUT2D eigenvalue weighted by Crippen LogP contribution is -2.17. The molecule has 20 heavy (non-hydrogen) atoms. The number of aryl methyl sites for hydroxylation is 1. The second-order valence-corrected chi connectivity index (χ2v) is 6.31. The first-order chi connectivity index (χ1) is 9.58. The van der Waals surface area contributed by atoms with E-state index in [1.807, 2.05) is 0 Å². The average molecular weight is 355 g/mol. The van der Waals surface area contributed by atoms with E-state index in [0.29, 0.717) is 20.8 Å². The molecule has 3 N–H and O–H groups in total. The van der Waals surface area contributed by atoms with Gasteiger partial charge < -0.3 is 15.5 Å². The zero-order chi connectivity index (χ0) is 14.3. The van der Waals surface area contributed by atoms with E-state index in [2.05, 4.69) is 21.2 Å². The number of amides is 2. The number of halogens is 1. The van der Waals surface area contributed by atoms with E-state index >= 15 is 0 Å². The van der Waals surface area contributed by atoms with Gasteiger partial charge in [0.15, 0.2) is 4.67 Å². The molecular weight excluding hydrogens is 344 g/mol. The van der Waals surface area contributed by atoms with Crippen molar-refractivity contribution in [2.75, 3.05) is 5.32 Å². The number of thiophene rings is 1. The summed E-state index contributed by atoms with van der Waals surface area (Å²) < 4.78 is 5.39. The first kappa shape index (κ1) is 13.4. The standard InChI is InChI=1S/C13H11BrN2O3S/c14-10-7(4-5-19-10)12(18)16-13-9(11(15)17)6-2-1-3-8(6)20-13/h4-5H,1-3H2,(H2,15,17)(H,16,18). The monoisotopic (exact) mass is 354 g/mol. The van der Waals surface area contributed by atoms with Crippen LogP contribution in [0.5, 0.6) is 0 Å². The summed E-state index contributed by atoms with van der Waals surface area (Å²) in [6, 6.07) is 1.56. The van der Waals surface area contributed by atoms with Gasteiger partial charge in [0.2, 0.25) is 0 Å². The van der Waals surface area contributed by atoms with Crippen LogP contribution < -0.4 is 11.1 Å². The molecule has 0 saturated carbocycles. The molecular formula is C13H11BrN2O3S. The van der Waals surface area contributed by atoms with Crippen molar-refractivity contribution >= 4 is 44.1 Å². The van der Waals surface area contributed by atoms with Crippen LogP contribution in [0, 0.1) is 0 Å². The molecule has 0 atom stereocenters. The Hall–Kier alpha value is -1.60. The molecule has 0 fully saturated rings. The molecule has 1 aliphatic rings. The van der Waals surface area contributed by atoms with Gasteiger partial charge in [0.25, 0.3) is 11.8 Å². The SMILES string of the molecule is NC(=O)c1c(NC(=O)c2ccoc2Br)sc2c1CCC2. The van der Waals surface area contributed by atoms with Crippen molar-refractivity contribution in [3.8, 4) is 0 Å². The summed E-state index contributed by atoms with van der Waals surface area (Å²) in [5.74, 6) is -0.820. The van der Waals surface area contributed by atoms with Gasteiger partial charge >= 0.3 is 0 Å². The van der Waals surface area contributed by atoms with E-state index in [-0.39, 0.29) is 5.91 Å². The first-order valence-electron chi connectivity index (χ1n) is 6.06. The number of carbonyl (C=O) groups is 2. The van der Waals surface area contributed by atoms with Crippen LogP contribution in [0.1, 0.15) is 37.6 Å². The summed E-state index contributed by atoms with van der Waals surface area (Å²) in [5, 5.41) is 3.28. The second-order valence-electron chi connectivity index (χ2n) is 4.49. The normalized spacial score (nSPS) is 13.2. The highest BCUT2D eigenvalue weighted by Crippen LogP contribution is 2.39. The quantitative estimate of drug-likeness (QED) is 0.888. The smallest absolute Gasteiger partial charge is 0.260 e. The number of fused-ring (bicyclic) bond motifs is 1. The lowest BCUT2D eigenvalue weighted by molar-refractivity contribution is 0.100. The summed E-state index contributed by atoms with van der Waals surface area (Å²) in [4.78, 5) is 24.9. The van der Waals surface area contributed by atoms with Gasteiger partial charge in [-0.1, -0.05) is 0 Å². The molecule has 0 radical (unpaired) electrons. The third kappa shape index (κ3) is 2.16. The fourth-order valence-corrected chi connectivity index (χ4v) is 4.09. The van der Waals surface area contributed by atoms with Crippen LogP contribution in [0.25, 0.3) is 0 Å². The molecule has 2 heterocycles. The zero-order valence-corrected chi connectivity index (χ0v) is 12.8. The molecule has 1 aliphatic carbocycles. The number of carbonyl (C=O) groups excluding carboxylic acids is 2. The predicted molar refractivity (Wildman–Crippen MR) is 79.2 cm³/mol.